The third kappa shape index (κ3) is 5.30. The van der Waals surface area contributed by atoms with Crippen LogP contribution in [0, 0.1) is 6.92 Å². The summed E-state index contributed by atoms with van der Waals surface area (Å²) in [6.07, 6.45) is 0.255. The van der Waals surface area contributed by atoms with E-state index in [2.05, 4.69) is 5.32 Å². The molecule has 2 aromatic carbocycles. The van der Waals surface area contributed by atoms with Gasteiger partial charge in [-0.15, -0.1) is 0 Å². The van der Waals surface area contributed by atoms with Gasteiger partial charge in [-0.3, -0.25) is 13.9 Å². The van der Waals surface area contributed by atoms with E-state index in [-0.39, 0.29) is 23.4 Å². The smallest absolute Gasteiger partial charge is 0.303 e. The van der Waals surface area contributed by atoms with Crippen molar-refractivity contribution in [3.05, 3.63) is 59.7 Å². The fraction of sp³-hybridized carbons (Fsp3) is 0.263. The number of aliphatic carboxylic acids is 1. The van der Waals surface area contributed by atoms with E-state index in [0.717, 1.165) is 9.87 Å². The predicted molar refractivity (Wildman–Crippen MR) is 102 cm³/mol. The van der Waals surface area contributed by atoms with E-state index in [1.807, 2.05) is 19.1 Å². The maximum absolute atomic E-state index is 12.9. The van der Waals surface area contributed by atoms with Gasteiger partial charge in [0.2, 0.25) is 0 Å². The molecule has 1 amide bonds. The fourth-order valence-electron chi connectivity index (χ4n) is 2.39. The van der Waals surface area contributed by atoms with E-state index in [4.69, 9.17) is 5.11 Å². The summed E-state index contributed by atoms with van der Waals surface area (Å²) >= 11 is 0. The van der Waals surface area contributed by atoms with Gasteiger partial charge < -0.3 is 10.4 Å². The second-order valence-electron chi connectivity index (χ2n) is 6.09. The zero-order chi connectivity index (χ0) is 20.0. The lowest BCUT2D eigenvalue weighted by Crippen LogP contribution is -2.28. The molecule has 0 saturated carbocycles. The SMILES string of the molecule is Cc1ccc(N(C)S(=O)(=O)c2cccc(C(=O)NCCCC(=O)O)c2)cc1. The van der Waals surface area contributed by atoms with E-state index in [1.165, 1.54) is 31.3 Å². The van der Waals surface area contributed by atoms with Crippen LogP contribution in [-0.2, 0) is 14.8 Å². The third-order valence-corrected chi connectivity index (χ3v) is 5.79. The Morgan fingerprint density at radius 3 is 2.41 bits per heavy atom. The molecule has 0 heterocycles. The molecular weight excluding hydrogens is 368 g/mol. The van der Waals surface area contributed by atoms with E-state index in [0.29, 0.717) is 12.1 Å². The molecule has 0 atom stereocenters. The molecule has 0 fully saturated rings. The van der Waals surface area contributed by atoms with Gasteiger partial charge in [0.15, 0.2) is 0 Å². The molecule has 2 N–H and O–H groups in total. The van der Waals surface area contributed by atoms with Crippen LogP contribution in [0.15, 0.2) is 53.4 Å². The number of carboxylic acids is 1. The largest absolute Gasteiger partial charge is 0.481 e. The maximum atomic E-state index is 12.9. The van der Waals surface area contributed by atoms with Crippen molar-refractivity contribution in [2.24, 2.45) is 0 Å². The number of nitrogens with zero attached hydrogens (tertiary/aromatic N) is 1. The van der Waals surface area contributed by atoms with Crippen molar-refractivity contribution in [3.63, 3.8) is 0 Å². The first-order valence-corrected chi connectivity index (χ1v) is 9.81. The molecule has 7 nitrogen and oxygen atoms in total. The van der Waals surface area contributed by atoms with E-state index >= 15 is 0 Å². The number of carbonyl (C=O) groups is 2. The highest BCUT2D eigenvalue weighted by Gasteiger charge is 2.22. The highest BCUT2D eigenvalue weighted by Crippen LogP contribution is 2.23. The van der Waals surface area contributed by atoms with Gasteiger partial charge in [-0.2, -0.15) is 0 Å². The summed E-state index contributed by atoms with van der Waals surface area (Å²) < 4.78 is 26.9. The molecule has 2 aromatic rings. The van der Waals surface area contributed by atoms with Gasteiger partial charge in [0.25, 0.3) is 15.9 Å². The van der Waals surface area contributed by atoms with Crippen LogP contribution in [-0.4, -0.2) is 39.0 Å². The van der Waals surface area contributed by atoms with Crippen LogP contribution in [0.2, 0.25) is 0 Å². The lowest BCUT2D eigenvalue weighted by atomic mass is 10.2. The highest BCUT2D eigenvalue weighted by molar-refractivity contribution is 7.92. The highest BCUT2D eigenvalue weighted by atomic mass is 32.2. The molecule has 2 rings (SSSR count). The topological polar surface area (TPSA) is 104 Å². The number of nitrogens with one attached hydrogen (secondary N) is 1. The minimum Gasteiger partial charge on any atom is -0.481 e. The molecule has 0 saturated heterocycles. The van der Waals surface area contributed by atoms with Gasteiger partial charge in [-0.05, 0) is 43.7 Å². The second kappa shape index (κ2) is 8.68. The first-order chi connectivity index (χ1) is 12.7. The quantitative estimate of drug-likeness (QED) is 0.674. The number of benzene rings is 2. The molecule has 0 aliphatic heterocycles. The molecule has 0 spiro atoms. The maximum Gasteiger partial charge on any atom is 0.303 e. The average Bonchev–Trinajstić information content (AvgIpc) is 2.65. The molecule has 8 heteroatoms. The van der Waals surface area contributed by atoms with Gasteiger partial charge in [0, 0.05) is 25.6 Å². The van der Waals surface area contributed by atoms with E-state index < -0.39 is 21.9 Å². The van der Waals surface area contributed by atoms with Crippen molar-refractivity contribution < 1.29 is 23.1 Å². The molecule has 27 heavy (non-hydrogen) atoms. The fourth-order valence-corrected chi connectivity index (χ4v) is 3.63. The molecule has 144 valence electrons. The monoisotopic (exact) mass is 390 g/mol. The Balaban J connectivity index is 2.16. The molecule has 0 aliphatic rings. The number of hydrogen-bond donors (Lipinski definition) is 2. The van der Waals surface area contributed by atoms with Crippen molar-refractivity contribution in [1.29, 1.82) is 0 Å². The van der Waals surface area contributed by atoms with Crippen LogP contribution in [0.4, 0.5) is 5.69 Å². The van der Waals surface area contributed by atoms with Gasteiger partial charge >= 0.3 is 5.97 Å². The summed E-state index contributed by atoms with van der Waals surface area (Å²) in [6, 6.07) is 12.8. The standard InChI is InChI=1S/C19H22N2O5S/c1-14-8-10-16(11-9-14)21(2)27(25,26)17-6-3-5-15(13-17)19(24)20-12-4-7-18(22)23/h3,5-6,8-11,13H,4,7,12H2,1-2H3,(H,20,24)(H,22,23). The van der Waals surface area contributed by atoms with Crippen LogP contribution < -0.4 is 9.62 Å². The Labute approximate surface area is 158 Å². The van der Waals surface area contributed by atoms with Crippen LogP contribution in [0.5, 0.6) is 0 Å². The molecule has 0 aromatic heterocycles. The summed E-state index contributed by atoms with van der Waals surface area (Å²) in [4.78, 5) is 22.7. The Morgan fingerprint density at radius 2 is 1.78 bits per heavy atom. The summed E-state index contributed by atoms with van der Waals surface area (Å²) in [5.41, 5.74) is 1.74. The average molecular weight is 390 g/mol. The molecule has 0 bridgehead atoms. The predicted octanol–water partition coefficient (Wildman–Crippen LogP) is 2.41. The van der Waals surface area contributed by atoms with E-state index in [1.54, 1.807) is 12.1 Å². The Kier molecular flexibility index (Phi) is 6.57. The zero-order valence-electron chi connectivity index (χ0n) is 15.2. The number of sulfonamides is 1. The lowest BCUT2D eigenvalue weighted by molar-refractivity contribution is -0.137. The first kappa shape index (κ1) is 20.4. The lowest BCUT2D eigenvalue weighted by Gasteiger charge is -2.20. The van der Waals surface area contributed by atoms with Crippen LogP contribution in [0.3, 0.4) is 0 Å². The Hall–Kier alpha value is -2.87. The van der Waals surface area contributed by atoms with Crippen LogP contribution in [0.25, 0.3) is 0 Å². The van der Waals surface area contributed by atoms with Crippen molar-refractivity contribution in [3.8, 4) is 0 Å². The van der Waals surface area contributed by atoms with Gasteiger partial charge in [-0.1, -0.05) is 23.8 Å². The molecular formula is C19H22N2O5S. The zero-order valence-corrected chi connectivity index (χ0v) is 16.0. The number of rotatable bonds is 8. The Bertz CT molecular complexity index is 923. The molecule has 0 radical (unpaired) electrons. The summed E-state index contributed by atoms with van der Waals surface area (Å²) in [7, 11) is -2.36. The third-order valence-electron chi connectivity index (χ3n) is 4.01. The summed E-state index contributed by atoms with van der Waals surface area (Å²) in [5, 5.41) is 11.2. The summed E-state index contributed by atoms with van der Waals surface area (Å²) in [6.45, 7) is 2.11. The minimum absolute atomic E-state index is 0.00348. The molecule has 0 unspecified atom stereocenters. The Morgan fingerprint density at radius 1 is 1.11 bits per heavy atom. The normalized spacial score (nSPS) is 11.0. The van der Waals surface area contributed by atoms with Crippen LogP contribution >= 0.6 is 0 Å². The number of anilines is 1. The van der Waals surface area contributed by atoms with E-state index in [9.17, 15) is 18.0 Å². The van der Waals surface area contributed by atoms with Crippen molar-refractivity contribution in [1.82, 2.24) is 5.32 Å². The van der Waals surface area contributed by atoms with Crippen LogP contribution in [0.1, 0.15) is 28.8 Å². The van der Waals surface area contributed by atoms with Gasteiger partial charge in [0.05, 0.1) is 10.6 Å². The molecule has 0 aliphatic carbocycles. The van der Waals surface area contributed by atoms with Crippen molar-refractivity contribution in [2.75, 3.05) is 17.9 Å². The van der Waals surface area contributed by atoms with Crippen molar-refractivity contribution >= 4 is 27.6 Å². The first-order valence-electron chi connectivity index (χ1n) is 8.37. The minimum atomic E-state index is -3.82. The number of hydrogen-bond acceptors (Lipinski definition) is 4. The van der Waals surface area contributed by atoms with Gasteiger partial charge in [0.1, 0.15) is 0 Å². The number of amides is 1. The van der Waals surface area contributed by atoms with Crippen molar-refractivity contribution in [2.45, 2.75) is 24.7 Å². The van der Waals surface area contributed by atoms with Gasteiger partial charge in [-0.25, -0.2) is 8.42 Å². The second-order valence-corrected chi connectivity index (χ2v) is 8.06. The number of carboxylic acid groups (broad SMARTS) is 1. The summed E-state index contributed by atoms with van der Waals surface area (Å²) in [5.74, 6) is -1.38. The number of aryl methyl sites for hydroxylation is 1. The number of carbonyl (C=O) groups excluding carboxylic acids is 1.